The van der Waals surface area contributed by atoms with Crippen molar-refractivity contribution in [3.05, 3.63) is 35.4 Å². The van der Waals surface area contributed by atoms with Crippen LogP contribution < -0.4 is 11.1 Å². The van der Waals surface area contributed by atoms with Crippen LogP contribution in [0.15, 0.2) is 18.2 Å². The molecule has 6 heteroatoms. The SMILES string of the molecule is CC(c1c(F)cccc1F)N1CCCC(C(=O)NCCN)C1. The summed E-state index contributed by atoms with van der Waals surface area (Å²) in [4.78, 5) is 14.0. The minimum atomic E-state index is -0.540. The summed E-state index contributed by atoms with van der Waals surface area (Å²) in [6.07, 6.45) is 1.63. The van der Waals surface area contributed by atoms with Gasteiger partial charge in [-0.05, 0) is 38.4 Å². The Morgan fingerprint density at radius 1 is 1.45 bits per heavy atom. The fourth-order valence-electron chi connectivity index (χ4n) is 3.00. The van der Waals surface area contributed by atoms with Crippen molar-refractivity contribution in [3.63, 3.8) is 0 Å². The van der Waals surface area contributed by atoms with Gasteiger partial charge in [-0.1, -0.05) is 6.07 Å². The summed E-state index contributed by atoms with van der Waals surface area (Å²) in [6, 6.07) is 3.50. The fraction of sp³-hybridized carbons (Fsp3) is 0.562. The lowest BCUT2D eigenvalue weighted by molar-refractivity contribution is -0.126. The molecule has 0 aliphatic carbocycles. The highest BCUT2D eigenvalue weighted by Crippen LogP contribution is 2.29. The number of nitrogens with one attached hydrogen (secondary N) is 1. The molecule has 1 aliphatic heterocycles. The second-order valence-corrected chi connectivity index (χ2v) is 5.73. The predicted octanol–water partition coefficient (Wildman–Crippen LogP) is 1.81. The first-order valence-corrected chi connectivity index (χ1v) is 7.70. The maximum Gasteiger partial charge on any atom is 0.224 e. The van der Waals surface area contributed by atoms with Gasteiger partial charge < -0.3 is 11.1 Å². The molecule has 3 N–H and O–H groups in total. The molecule has 1 aromatic carbocycles. The van der Waals surface area contributed by atoms with E-state index in [1.807, 2.05) is 4.90 Å². The first kappa shape index (κ1) is 16.8. The predicted molar refractivity (Wildman–Crippen MR) is 81.1 cm³/mol. The normalized spacial score (nSPS) is 20.6. The van der Waals surface area contributed by atoms with E-state index < -0.39 is 17.7 Å². The highest BCUT2D eigenvalue weighted by atomic mass is 19.1. The first-order valence-electron chi connectivity index (χ1n) is 7.70. The lowest BCUT2D eigenvalue weighted by Gasteiger charge is -2.36. The Bertz CT molecular complexity index is 504. The maximum atomic E-state index is 13.9. The van der Waals surface area contributed by atoms with Crippen LogP contribution in [0, 0.1) is 17.6 Å². The molecule has 1 amide bonds. The fourth-order valence-corrected chi connectivity index (χ4v) is 3.00. The Kier molecular flexibility index (Phi) is 5.85. The molecule has 1 aliphatic rings. The third-order valence-electron chi connectivity index (χ3n) is 4.23. The van der Waals surface area contributed by atoms with Crippen molar-refractivity contribution in [1.29, 1.82) is 0 Å². The average Bonchev–Trinajstić information content (AvgIpc) is 2.52. The molecule has 1 fully saturated rings. The number of nitrogens with zero attached hydrogens (tertiary/aromatic N) is 1. The third-order valence-corrected chi connectivity index (χ3v) is 4.23. The van der Waals surface area contributed by atoms with Crippen LogP contribution in [0.1, 0.15) is 31.4 Å². The number of nitrogens with two attached hydrogens (primary N) is 1. The summed E-state index contributed by atoms with van der Waals surface area (Å²) in [5.41, 5.74) is 5.46. The second-order valence-electron chi connectivity index (χ2n) is 5.73. The molecule has 2 unspecified atom stereocenters. The standard InChI is InChI=1S/C16H23F2N3O/c1-11(15-13(17)5-2-6-14(15)18)21-9-3-4-12(10-21)16(22)20-8-7-19/h2,5-6,11-12H,3-4,7-10,19H2,1H3,(H,20,22). The first-order chi connectivity index (χ1) is 10.5. The van der Waals surface area contributed by atoms with Gasteiger partial charge in [-0.25, -0.2) is 8.78 Å². The average molecular weight is 311 g/mol. The maximum absolute atomic E-state index is 13.9. The number of hydrogen-bond acceptors (Lipinski definition) is 3. The molecule has 0 aromatic heterocycles. The van der Waals surface area contributed by atoms with Gasteiger partial charge in [0.1, 0.15) is 11.6 Å². The van der Waals surface area contributed by atoms with Gasteiger partial charge in [-0.15, -0.1) is 0 Å². The molecule has 1 saturated heterocycles. The number of carbonyl (C=O) groups excluding carboxylic acids is 1. The van der Waals surface area contributed by atoms with E-state index in [1.54, 1.807) is 6.92 Å². The lowest BCUT2D eigenvalue weighted by Crippen LogP contribution is -2.45. The highest BCUT2D eigenvalue weighted by Gasteiger charge is 2.30. The van der Waals surface area contributed by atoms with Crippen molar-refractivity contribution >= 4 is 5.91 Å². The number of halogens is 2. The van der Waals surface area contributed by atoms with Gasteiger partial charge in [-0.2, -0.15) is 0 Å². The monoisotopic (exact) mass is 311 g/mol. The van der Waals surface area contributed by atoms with Crippen molar-refractivity contribution in [1.82, 2.24) is 10.2 Å². The molecule has 122 valence electrons. The van der Waals surface area contributed by atoms with Gasteiger partial charge in [0.15, 0.2) is 0 Å². The summed E-state index contributed by atoms with van der Waals surface area (Å²) in [7, 11) is 0. The number of rotatable bonds is 5. The zero-order valence-electron chi connectivity index (χ0n) is 12.8. The molecule has 1 heterocycles. The molecule has 2 rings (SSSR count). The molecule has 4 nitrogen and oxygen atoms in total. The van der Waals surface area contributed by atoms with E-state index in [0.717, 1.165) is 19.4 Å². The molecule has 0 bridgehead atoms. The Morgan fingerprint density at radius 3 is 2.77 bits per heavy atom. The Hall–Kier alpha value is -1.53. The molecular weight excluding hydrogens is 288 g/mol. The van der Waals surface area contributed by atoms with Crippen LogP contribution in [-0.2, 0) is 4.79 Å². The van der Waals surface area contributed by atoms with Crippen LogP contribution in [-0.4, -0.2) is 37.0 Å². The zero-order chi connectivity index (χ0) is 16.1. The molecule has 22 heavy (non-hydrogen) atoms. The van der Waals surface area contributed by atoms with Crippen molar-refractivity contribution in [2.24, 2.45) is 11.7 Å². The number of likely N-dealkylation sites (tertiary alicyclic amines) is 1. The topological polar surface area (TPSA) is 58.4 Å². The quantitative estimate of drug-likeness (QED) is 0.872. The van der Waals surface area contributed by atoms with E-state index in [1.165, 1.54) is 18.2 Å². The molecule has 0 radical (unpaired) electrons. The number of benzene rings is 1. The van der Waals surface area contributed by atoms with Gasteiger partial charge >= 0.3 is 0 Å². The summed E-state index contributed by atoms with van der Waals surface area (Å²) in [6.45, 7) is 3.87. The van der Waals surface area contributed by atoms with Crippen molar-refractivity contribution in [2.45, 2.75) is 25.8 Å². The van der Waals surface area contributed by atoms with E-state index in [9.17, 15) is 13.6 Å². The Labute approximate surface area is 129 Å². The van der Waals surface area contributed by atoms with Gasteiger partial charge in [0, 0.05) is 31.2 Å². The smallest absolute Gasteiger partial charge is 0.224 e. The van der Waals surface area contributed by atoms with Crippen molar-refractivity contribution in [2.75, 3.05) is 26.2 Å². The van der Waals surface area contributed by atoms with Gasteiger partial charge in [0.25, 0.3) is 0 Å². The van der Waals surface area contributed by atoms with Crippen LogP contribution in [0.2, 0.25) is 0 Å². The number of amides is 1. The molecule has 0 saturated carbocycles. The Balaban J connectivity index is 2.07. The summed E-state index contributed by atoms with van der Waals surface area (Å²) >= 11 is 0. The molecular formula is C16H23F2N3O. The molecule has 1 aromatic rings. The number of carbonyl (C=O) groups is 1. The minimum Gasteiger partial charge on any atom is -0.355 e. The van der Waals surface area contributed by atoms with Gasteiger partial charge in [0.05, 0.1) is 5.92 Å². The summed E-state index contributed by atoms with van der Waals surface area (Å²) < 4.78 is 27.8. The van der Waals surface area contributed by atoms with Crippen LogP contribution in [0.5, 0.6) is 0 Å². The van der Waals surface area contributed by atoms with Crippen molar-refractivity contribution in [3.8, 4) is 0 Å². The van der Waals surface area contributed by atoms with E-state index in [2.05, 4.69) is 5.32 Å². The van der Waals surface area contributed by atoms with Crippen molar-refractivity contribution < 1.29 is 13.6 Å². The van der Waals surface area contributed by atoms with E-state index >= 15 is 0 Å². The van der Waals surface area contributed by atoms with Crippen LogP contribution in [0.25, 0.3) is 0 Å². The second kappa shape index (κ2) is 7.65. The van der Waals surface area contributed by atoms with E-state index in [0.29, 0.717) is 19.6 Å². The van der Waals surface area contributed by atoms with Crippen LogP contribution in [0.3, 0.4) is 0 Å². The third kappa shape index (κ3) is 3.81. The Morgan fingerprint density at radius 2 is 2.14 bits per heavy atom. The largest absolute Gasteiger partial charge is 0.355 e. The highest BCUT2D eigenvalue weighted by molar-refractivity contribution is 5.78. The molecule has 0 spiro atoms. The van der Waals surface area contributed by atoms with Crippen LogP contribution in [0.4, 0.5) is 8.78 Å². The molecule has 2 atom stereocenters. The summed E-state index contributed by atoms with van der Waals surface area (Å²) in [5, 5.41) is 2.79. The van der Waals surface area contributed by atoms with Crippen LogP contribution >= 0.6 is 0 Å². The minimum absolute atomic E-state index is 0.0312. The van der Waals surface area contributed by atoms with Gasteiger partial charge in [-0.3, -0.25) is 9.69 Å². The summed E-state index contributed by atoms with van der Waals surface area (Å²) in [5.74, 6) is -1.27. The number of hydrogen-bond donors (Lipinski definition) is 2. The van der Waals surface area contributed by atoms with E-state index in [4.69, 9.17) is 5.73 Å². The lowest BCUT2D eigenvalue weighted by atomic mass is 9.94. The number of piperidine rings is 1. The van der Waals surface area contributed by atoms with E-state index in [-0.39, 0.29) is 17.4 Å². The zero-order valence-corrected chi connectivity index (χ0v) is 12.8. The van der Waals surface area contributed by atoms with Gasteiger partial charge in [0.2, 0.25) is 5.91 Å².